The molecule has 2 aliphatic heterocycles. The van der Waals surface area contributed by atoms with Crippen molar-refractivity contribution in [2.75, 3.05) is 24.6 Å². The van der Waals surface area contributed by atoms with Crippen LogP contribution in [0.1, 0.15) is 24.8 Å². The van der Waals surface area contributed by atoms with Crippen LogP contribution in [-0.4, -0.2) is 70.6 Å². The third-order valence-corrected chi connectivity index (χ3v) is 6.88. The van der Waals surface area contributed by atoms with Gasteiger partial charge in [-0.15, -0.1) is 0 Å². The molecule has 6 unspecified atom stereocenters. The van der Waals surface area contributed by atoms with E-state index in [0.29, 0.717) is 17.9 Å². The van der Waals surface area contributed by atoms with E-state index in [1.165, 1.54) is 18.5 Å². The van der Waals surface area contributed by atoms with Crippen molar-refractivity contribution in [3.8, 4) is 0 Å². The Kier molecular flexibility index (Phi) is 6.82. The van der Waals surface area contributed by atoms with Gasteiger partial charge in [-0.05, 0) is 55.0 Å². The van der Waals surface area contributed by atoms with Crippen LogP contribution in [0, 0.1) is 5.92 Å². The molecular formula is C23H30ClNO5. The van der Waals surface area contributed by atoms with Crippen LogP contribution < -0.4 is 4.90 Å². The molecule has 0 saturated carbocycles. The summed E-state index contributed by atoms with van der Waals surface area (Å²) in [5.41, 5.74) is 3.45. The second kappa shape index (κ2) is 9.39. The molecule has 2 fully saturated rings. The van der Waals surface area contributed by atoms with Gasteiger partial charge in [0.05, 0.1) is 12.7 Å². The van der Waals surface area contributed by atoms with Crippen molar-refractivity contribution in [2.24, 2.45) is 5.92 Å². The predicted octanol–water partition coefficient (Wildman–Crippen LogP) is 1.74. The van der Waals surface area contributed by atoms with Crippen LogP contribution in [0.5, 0.6) is 0 Å². The van der Waals surface area contributed by atoms with E-state index in [4.69, 9.17) is 16.3 Å². The summed E-state index contributed by atoms with van der Waals surface area (Å²) in [6, 6.07) is 8.57. The summed E-state index contributed by atoms with van der Waals surface area (Å²) < 4.78 is 5.74. The minimum atomic E-state index is -1.36. The van der Waals surface area contributed by atoms with Crippen LogP contribution in [-0.2, 0) is 11.2 Å². The lowest BCUT2D eigenvalue weighted by Gasteiger charge is -2.43. The van der Waals surface area contributed by atoms with Crippen LogP contribution >= 0.6 is 11.6 Å². The van der Waals surface area contributed by atoms with E-state index >= 15 is 0 Å². The number of hydrogen-bond acceptors (Lipinski definition) is 6. The van der Waals surface area contributed by atoms with Gasteiger partial charge in [-0.3, -0.25) is 0 Å². The molecule has 4 N–H and O–H groups in total. The molecule has 0 radical (unpaired) electrons. The molecule has 1 aromatic rings. The number of hydrogen-bond donors (Lipinski definition) is 4. The van der Waals surface area contributed by atoms with E-state index < -0.39 is 37.1 Å². The third-order valence-electron chi connectivity index (χ3n) is 6.49. The van der Waals surface area contributed by atoms with Gasteiger partial charge in [-0.2, -0.15) is 0 Å². The number of aliphatic hydroxyl groups excluding tert-OH is 4. The summed E-state index contributed by atoms with van der Waals surface area (Å²) in [6.07, 6.45) is 1.86. The average molecular weight is 436 g/mol. The lowest BCUT2D eigenvalue weighted by atomic mass is 9.81. The number of halogens is 1. The Labute approximate surface area is 182 Å². The highest BCUT2D eigenvalue weighted by Crippen LogP contribution is 2.36. The summed E-state index contributed by atoms with van der Waals surface area (Å²) in [4.78, 5) is 2.40. The maximum atomic E-state index is 10.4. The molecule has 7 heteroatoms. The summed E-state index contributed by atoms with van der Waals surface area (Å²) >= 11 is 6.47. The Balaban J connectivity index is 1.44. The highest BCUT2D eigenvalue weighted by Gasteiger charge is 2.46. The number of anilines is 1. The zero-order valence-corrected chi connectivity index (χ0v) is 17.7. The van der Waals surface area contributed by atoms with Crippen molar-refractivity contribution < 1.29 is 25.2 Å². The molecule has 0 spiro atoms. The van der Waals surface area contributed by atoms with E-state index in [1.54, 1.807) is 0 Å². The SMILES string of the molecule is OCC1OC(C2C=CC(Cl)=C(Cc3ccc(N4CCCC4)cc3)C2)C(O)C(O)C1O. The molecule has 164 valence electrons. The molecule has 0 aromatic heterocycles. The Morgan fingerprint density at radius 2 is 1.70 bits per heavy atom. The van der Waals surface area contributed by atoms with Crippen molar-refractivity contribution in [1.82, 2.24) is 0 Å². The zero-order valence-electron chi connectivity index (χ0n) is 16.9. The van der Waals surface area contributed by atoms with E-state index in [0.717, 1.165) is 24.2 Å². The molecule has 0 bridgehead atoms. The van der Waals surface area contributed by atoms with Gasteiger partial charge in [0.25, 0.3) is 0 Å². The molecule has 1 aliphatic carbocycles. The number of allylic oxidation sites excluding steroid dienone is 3. The van der Waals surface area contributed by atoms with Gasteiger partial charge in [-0.25, -0.2) is 0 Å². The minimum Gasteiger partial charge on any atom is -0.394 e. The van der Waals surface area contributed by atoms with Crippen molar-refractivity contribution >= 4 is 17.3 Å². The average Bonchev–Trinajstić information content (AvgIpc) is 3.30. The van der Waals surface area contributed by atoms with Gasteiger partial charge in [-0.1, -0.05) is 29.8 Å². The molecule has 6 nitrogen and oxygen atoms in total. The first kappa shape index (κ1) is 21.8. The quantitative estimate of drug-likeness (QED) is 0.563. The van der Waals surface area contributed by atoms with Gasteiger partial charge in [0.1, 0.15) is 24.4 Å². The van der Waals surface area contributed by atoms with Crippen LogP contribution in [0.2, 0.25) is 0 Å². The second-order valence-electron chi connectivity index (χ2n) is 8.51. The normalized spacial score (nSPS) is 34.6. The van der Waals surface area contributed by atoms with Gasteiger partial charge < -0.3 is 30.1 Å². The van der Waals surface area contributed by atoms with Crippen molar-refractivity contribution in [2.45, 2.75) is 56.2 Å². The Morgan fingerprint density at radius 1 is 1.00 bits per heavy atom. The number of ether oxygens (including phenoxy) is 1. The van der Waals surface area contributed by atoms with E-state index in [2.05, 4.69) is 29.2 Å². The van der Waals surface area contributed by atoms with Gasteiger partial charge in [0, 0.05) is 29.7 Å². The first-order valence-corrected chi connectivity index (χ1v) is 11.1. The molecule has 2 heterocycles. The standard InChI is InChI=1S/C23H30ClNO5/c24-18-8-5-15(23-22(29)21(28)20(27)19(13-26)30-23)12-16(18)11-14-3-6-17(7-4-14)25-9-1-2-10-25/h3-8,15,19-23,26-29H,1-2,9-13H2. The lowest BCUT2D eigenvalue weighted by molar-refractivity contribution is -0.237. The smallest absolute Gasteiger partial charge is 0.111 e. The molecule has 6 atom stereocenters. The first-order chi connectivity index (χ1) is 14.5. The summed E-state index contributed by atoms with van der Waals surface area (Å²) in [5.74, 6) is -0.211. The van der Waals surface area contributed by atoms with Crippen molar-refractivity contribution in [1.29, 1.82) is 0 Å². The number of benzene rings is 1. The highest BCUT2D eigenvalue weighted by atomic mass is 35.5. The van der Waals surface area contributed by atoms with Crippen LogP contribution in [0.4, 0.5) is 5.69 Å². The van der Waals surface area contributed by atoms with Crippen LogP contribution in [0.3, 0.4) is 0 Å². The predicted molar refractivity (Wildman–Crippen MR) is 115 cm³/mol. The fourth-order valence-electron chi connectivity index (χ4n) is 4.69. The molecule has 4 rings (SSSR count). The summed E-state index contributed by atoms with van der Waals surface area (Å²) in [7, 11) is 0. The Bertz CT molecular complexity index is 787. The fraction of sp³-hybridized carbons (Fsp3) is 0.565. The number of nitrogens with zero attached hydrogens (tertiary/aromatic N) is 1. The number of aliphatic hydroxyl groups is 4. The maximum absolute atomic E-state index is 10.4. The largest absolute Gasteiger partial charge is 0.394 e. The fourth-order valence-corrected chi connectivity index (χ4v) is 4.91. The van der Waals surface area contributed by atoms with E-state index in [1.807, 2.05) is 12.2 Å². The monoisotopic (exact) mass is 435 g/mol. The lowest BCUT2D eigenvalue weighted by Crippen LogP contribution is -2.60. The van der Waals surface area contributed by atoms with Crippen molar-refractivity contribution in [3.05, 3.63) is 52.6 Å². The van der Waals surface area contributed by atoms with E-state index in [-0.39, 0.29) is 5.92 Å². The van der Waals surface area contributed by atoms with E-state index in [9.17, 15) is 20.4 Å². The molecule has 3 aliphatic rings. The molecule has 0 amide bonds. The second-order valence-corrected chi connectivity index (χ2v) is 8.92. The van der Waals surface area contributed by atoms with Crippen molar-refractivity contribution in [3.63, 3.8) is 0 Å². The first-order valence-electron chi connectivity index (χ1n) is 10.7. The third kappa shape index (κ3) is 4.44. The van der Waals surface area contributed by atoms with Gasteiger partial charge >= 0.3 is 0 Å². The van der Waals surface area contributed by atoms with Gasteiger partial charge in [0.15, 0.2) is 0 Å². The number of rotatable bonds is 5. The molecule has 1 aromatic carbocycles. The van der Waals surface area contributed by atoms with Crippen LogP contribution in [0.15, 0.2) is 47.0 Å². The Morgan fingerprint density at radius 3 is 2.37 bits per heavy atom. The maximum Gasteiger partial charge on any atom is 0.111 e. The Hall–Kier alpha value is -1.41. The minimum absolute atomic E-state index is 0.211. The van der Waals surface area contributed by atoms with Gasteiger partial charge in [0.2, 0.25) is 0 Å². The van der Waals surface area contributed by atoms with Crippen LogP contribution in [0.25, 0.3) is 0 Å². The summed E-state index contributed by atoms with van der Waals surface area (Å²) in [6.45, 7) is 1.80. The molecule has 30 heavy (non-hydrogen) atoms. The molecule has 2 saturated heterocycles. The topological polar surface area (TPSA) is 93.4 Å². The summed E-state index contributed by atoms with van der Waals surface area (Å²) in [5, 5.41) is 40.7. The zero-order chi connectivity index (χ0) is 21.3. The highest BCUT2D eigenvalue weighted by molar-refractivity contribution is 6.31. The molecular weight excluding hydrogens is 406 g/mol.